The minimum atomic E-state index is -0.373. The van der Waals surface area contributed by atoms with Crippen LogP contribution in [0.4, 0.5) is 0 Å². The molecule has 1 aromatic rings. The summed E-state index contributed by atoms with van der Waals surface area (Å²) in [6, 6.07) is 0. The fraction of sp³-hybridized carbons (Fsp3) is 0.727. The normalized spacial score (nSPS) is 13.0. The molecule has 16 heavy (non-hydrogen) atoms. The lowest BCUT2D eigenvalue weighted by atomic mass is 10.2. The van der Waals surface area contributed by atoms with Gasteiger partial charge in [-0.3, -0.25) is 0 Å². The summed E-state index contributed by atoms with van der Waals surface area (Å²) < 4.78 is 4.86. The van der Waals surface area contributed by atoms with Gasteiger partial charge in [-0.15, -0.1) is 11.3 Å². The van der Waals surface area contributed by atoms with E-state index in [1.165, 1.54) is 4.88 Å². The van der Waals surface area contributed by atoms with Crippen molar-refractivity contribution in [2.24, 2.45) is 0 Å². The number of aryl methyl sites for hydroxylation is 2. The van der Waals surface area contributed by atoms with Crippen molar-refractivity contribution in [1.82, 2.24) is 10.3 Å². The lowest BCUT2D eigenvalue weighted by Gasteiger charge is -2.09. The molecule has 5 heteroatoms. The molecule has 1 heterocycles. The van der Waals surface area contributed by atoms with Gasteiger partial charge in [-0.2, -0.15) is 0 Å². The number of ether oxygens (including phenoxy) is 1. The first-order valence-electron chi connectivity index (χ1n) is 5.44. The molecule has 1 atom stereocenters. The lowest BCUT2D eigenvalue weighted by molar-refractivity contribution is 0.0594. The Bertz CT molecular complexity index is 315. The van der Waals surface area contributed by atoms with Gasteiger partial charge in [0.2, 0.25) is 0 Å². The van der Waals surface area contributed by atoms with Gasteiger partial charge in [0.05, 0.1) is 23.4 Å². The number of thiazole rings is 1. The Morgan fingerprint density at radius 1 is 1.50 bits per heavy atom. The number of nitrogens with one attached hydrogen (secondary N) is 1. The SMILES string of the molecule is COCC(O)CCNCc1sc(C)nc1C. The molecule has 0 bridgehead atoms. The molecule has 0 saturated carbocycles. The number of aliphatic hydroxyl groups is 1. The van der Waals surface area contributed by atoms with E-state index in [-0.39, 0.29) is 6.10 Å². The van der Waals surface area contributed by atoms with Gasteiger partial charge in [-0.1, -0.05) is 0 Å². The minimum Gasteiger partial charge on any atom is -0.391 e. The average Bonchev–Trinajstić information content (AvgIpc) is 2.53. The molecular formula is C11H20N2O2S. The van der Waals surface area contributed by atoms with Crippen LogP contribution in [-0.2, 0) is 11.3 Å². The van der Waals surface area contributed by atoms with E-state index in [4.69, 9.17) is 4.74 Å². The molecule has 0 aliphatic heterocycles. The molecule has 0 aliphatic rings. The molecule has 0 amide bonds. The largest absolute Gasteiger partial charge is 0.391 e. The zero-order valence-electron chi connectivity index (χ0n) is 10.1. The fourth-order valence-electron chi connectivity index (χ4n) is 1.48. The van der Waals surface area contributed by atoms with Crippen LogP contribution in [0.15, 0.2) is 0 Å². The van der Waals surface area contributed by atoms with Crippen molar-refractivity contribution in [3.63, 3.8) is 0 Å². The molecule has 0 spiro atoms. The molecule has 92 valence electrons. The highest BCUT2D eigenvalue weighted by atomic mass is 32.1. The van der Waals surface area contributed by atoms with Crippen molar-refractivity contribution >= 4 is 11.3 Å². The third kappa shape index (κ3) is 4.57. The van der Waals surface area contributed by atoms with Crippen LogP contribution in [-0.4, -0.2) is 36.5 Å². The second-order valence-electron chi connectivity index (χ2n) is 3.82. The van der Waals surface area contributed by atoms with Gasteiger partial charge in [-0.05, 0) is 26.8 Å². The predicted octanol–water partition coefficient (Wildman–Crippen LogP) is 1.25. The zero-order chi connectivity index (χ0) is 12.0. The van der Waals surface area contributed by atoms with Gasteiger partial charge in [0.25, 0.3) is 0 Å². The van der Waals surface area contributed by atoms with Crippen molar-refractivity contribution in [1.29, 1.82) is 0 Å². The summed E-state index contributed by atoms with van der Waals surface area (Å²) in [7, 11) is 1.60. The standard InChI is InChI=1S/C11H20N2O2S/c1-8-11(16-9(2)13-8)6-12-5-4-10(14)7-15-3/h10,12,14H,4-7H2,1-3H3. The second kappa shape index (κ2) is 6.96. The van der Waals surface area contributed by atoms with Crippen molar-refractivity contribution in [3.8, 4) is 0 Å². The van der Waals surface area contributed by atoms with Crippen molar-refractivity contribution in [3.05, 3.63) is 15.6 Å². The van der Waals surface area contributed by atoms with Crippen LogP contribution < -0.4 is 5.32 Å². The third-order valence-corrected chi connectivity index (χ3v) is 3.37. The molecule has 1 unspecified atom stereocenters. The third-order valence-electron chi connectivity index (χ3n) is 2.30. The predicted molar refractivity (Wildman–Crippen MR) is 65.8 cm³/mol. The Labute approximate surface area is 101 Å². The highest BCUT2D eigenvalue weighted by Crippen LogP contribution is 2.16. The Morgan fingerprint density at radius 2 is 2.25 bits per heavy atom. The fourth-order valence-corrected chi connectivity index (χ4v) is 2.39. The van der Waals surface area contributed by atoms with Crippen molar-refractivity contribution in [2.45, 2.75) is 32.9 Å². The summed E-state index contributed by atoms with van der Waals surface area (Å²) >= 11 is 1.72. The summed E-state index contributed by atoms with van der Waals surface area (Å²) in [6.45, 7) is 6.07. The first-order chi connectivity index (χ1) is 7.63. The number of aliphatic hydroxyl groups excluding tert-OH is 1. The average molecular weight is 244 g/mol. The Morgan fingerprint density at radius 3 is 2.81 bits per heavy atom. The van der Waals surface area contributed by atoms with E-state index in [1.807, 2.05) is 13.8 Å². The summed E-state index contributed by atoms with van der Waals surface area (Å²) in [5.41, 5.74) is 1.10. The van der Waals surface area contributed by atoms with Crippen LogP contribution in [0, 0.1) is 13.8 Å². The molecule has 1 rings (SSSR count). The summed E-state index contributed by atoms with van der Waals surface area (Å²) in [5, 5.41) is 13.8. The molecule has 0 fully saturated rings. The number of rotatable bonds is 7. The monoisotopic (exact) mass is 244 g/mol. The number of nitrogens with zero attached hydrogens (tertiary/aromatic N) is 1. The number of methoxy groups -OCH3 is 1. The topological polar surface area (TPSA) is 54.4 Å². The molecule has 0 aliphatic carbocycles. The quantitative estimate of drug-likeness (QED) is 0.709. The van der Waals surface area contributed by atoms with E-state index in [2.05, 4.69) is 10.3 Å². The van der Waals surface area contributed by atoms with Crippen LogP contribution in [0.5, 0.6) is 0 Å². The van der Waals surface area contributed by atoms with Crippen molar-refractivity contribution < 1.29 is 9.84 Å². The van der Waals surface area contributed by atoms with E-state index in [9.17, 15) is 5.11 Å². The van der Waals surface area contributed by atoms with Crippen LogP contribution in [0.3, 0.4) is 0 Å². The van der Waals surface area contributed by atoms with Crippen LogP contribution >= 0.6 is 11.3 Å². The van der Waals surface area contributed by atoms with Gasteiger partial charge in [-0.25, -0.2) is 4.98 Å². The Kier molecular flexibility index (Phi) is 5.90. The highest BCUT2D eigenvalue weighted by Gasteiger charge is 2.05. The van der Waals surface area contributed by atoms with Gasteiger partial charge < -0.3 is 15.2 Å². The smallest absolute Gasteiger partial charge is 0.0900 e. The molecule has 0 radical (unpaired) electrons. The van der Waals surface area contributed by atoms with E-state index in [0.29, 0.717) is 13.0 Å². The maximum atomic E-state index is 9.43. The van der Waals surface area contributed by atoms with Gasteiger partial charge in [0.15, 0.2) is 0 Å². The van der Waals surface area contributed by atoms with E-state index in [0.717, 1.165) is 23.8 Å². The summed E-state index contributed by atoms with van der Waals surface area (Å²) in [5.74, 6) is 0. The van der Waals surface area contributed by atoms with E-state index < -0.39 is 0 Å². The van der Waals surface area contributed by atoms with Crippen LogP contribution in [0.25, 0.3) is 0 Å². The molecule has 4 nitrogen and oxygen atoms in total. The van der Waals surface area contributed by atoms with Gasteiger partial charge in [0.1, 0.15) is 0 Å². The van der Waals surface area contributed by atoms with Crippen LogP contribution in [0.1, 0.15) is 22.0 Å². The van der Waals surface area contributed by atoms with Gasteiger partial charge >= 0.3 is 0 Å². The maximum absolute atomic E-state index is 9.43. The maximum Gasteiger partial charge on any atom is 0.0900 e. The van der Waals surface area contributed by atoms with E-state index >= 15 is 0 Å². The molecule has 0 saturated heterocycles. The van der Waals surface area contributed by atoms with Crippen LogP contribution in [0.2, 0.25) is 0 Å². The first-order valence-corrected chi connectivity index (χ1v) is 6.25. The molecule has 1 aromatic heterocycles. The number of aromatic nitrogens is 1. The number of hydrogen-bond acceptors (Lipinski definition) is 5. The van der Waals surface area contributed by atoms with E-state index in [1.54, 1.807) is 18.4 Å². The molecule has 2 N–H and O–H groups in total. The Balaban J connectivity index is 2.18. The van der Waals surface area contributed by atoms with Gasteiger partial charge in [0, 0.05) is 18.5 Å². The molecular weight excluding hydrogens is 224 g/mol. The second-order valence-corrected chi connectivity index (χ2v) is 5.10. The zero-order valence-corrected chi connectivity index (χ0v) is 10.9. The Hall–Kier alpha value is -0.490. The summed E-state index contributed by atoms with van der Waals surface area (Å²) in [4.78, 5) is 5.64. The molecule has 0 aromatic carbocycles. The first kappa shape index (κ1) is 13.6. The highest BCUT2D eigenvalue weighted by molar-refractivity contribution is 7.11. The summed E-state index contributed by atoms with van der Waals surface area (Å²) in [6.07, 6.45) is 0.340. The minimum absolute atomic E-state index is 0.373. The lowest BCUT2D eigenvalue weighted by Crippen LogP contribution is -2.22. The number of hydrogen-bond donors (Lipinski definition) is 2. The van der Waals surface area contributed by atoms with Crippen molar-refractivity contribution in [2.75, 3.05) is 20.3 Å².